The summed E-state index contributed by atoms with van der Waals surface area (Å²) in [6.45, 7) is 33.3. The molecule has 6 heteroatoms. The number of anilines is 5. The van der Waals surface area contributed by atoms with Crippen molar-refractivity contribution in [1.82, 2.24) is 0 Å². The fourth-order valence-corrected chi connectivity index (χ4v) is 16.1. The van der Waals surface area contributed by atoms with Gasteiger partial charge in [-0.3, -0.25) is 0 Å². The lowest BCUT2D eigenvalue weighted by atomic mass is 9.46. The first-order valence-corrected chi connectivity index (χ1v) is 30.2. The number of rotatable bonds is 3. The Morgan fingerprint density at radius 1 is 0.450 bits per heavy atom. The van der Waals surface area contributed by atoms with Gasteiger partial charge in [0.2, 0.25) is 0 Å². The van der Waals surface area contributed by atoms with Crippen molar-refractivity contribution in [2.75, 3.05) is 9.71 Å². The van der Waals surface area contributed by atoms with Crippen molar-refractivity contribution in [3.05, 3.63) is 173 Å². The van der Waals surface area contributed by atoms with Crippen LogP contribution in [0.1, 0.15) is 156 Å². The molecule has 0 fully saturated rings. The van der Waals surface area contributed by atoms with Crippen molar-refractivity contribution >= 4 is 111 Å². The van der Waals surface area contributed by atoms with E-state index in [1.807, 2.05) is 11.3 Å². The molecule has 0 saturated carbocycles. The molecular weight excluding hydrogens is 992 g/mol. The van der Waals surface area contributed by atoms with Gasteiger partial charge in [0.1, 0.15) is 16.7 Å². The van der Waals surface area contributed by atoms with Crippen molar-refractivity contribution in [3.63, 3.8) is 0 Å². The van der Waals surface area contributed by atoms with Crippen LogP contribution in [0.15, 0.2) is 148 Å². The van der Waals surface area contributed by atoms with Crippen LogP contribution in [0, 0.1) is 0 Å². The minimum atomic E-state index is -0.225. The second-order valence-electron chi connectivity index (χ2n) is 29.0. The summed E-state index contributed by atoms with van der Waals surface area (Å²) < 4.78 is 17.4. The maximum atomic E-state index is 7.47. The minimum Gasteiger partial charge on any atom is -0.456 e. The molecule has 4 nitrogen and oxygen atoms in total. The lowest BCUT2D eigenvalue weighted by Crippen LogP contribution is -2.60. The molecular formula is C74H73BN2O2S. The van der Waals surface area contributed by atoms with E-state index in [9.17, 15) is 0 Å². The normalized spacial score (nSPS) is 17.8. The fourth-order valence-electron chi connectivity index (χ4n) is 14.8. The zero-order valence-corrected chi connectivity index (χ0v) is 50.1. The Hall–Kier alpha value is -7.02. The molecule has 80 heavy (non-hydrogen) atoms. The van der Waals surface area contributed by atoms with Gasteiger partial charge in [-0.05, 0) is 175 Å². The maximum Gasteiger partial charge on any atom is 0.343 e. The molecule has 400 valence electrons. The quantitative estimate of drug-likeness (QED) is 0.165. The Balaban J connectivity index is 1.13. The van der Waals surface area contributed by atoms with Crippen LogP contribution in [0.5, 0.6) is 0 Å². The molecule has 3 aromatic heterocycles. The Bertz CT molecular complexity index is 4450. The van der Waals surface area contributed by atoms with E-state index < -0.39 is 0 Å². The van der Waals surface area contributed by atoms with Crippen LogP contribution in [-0.2, 0) is 32.5 Å². The molecule has 2 aliphatic carbocycles. The Morgan fingerprint density at radius 2 is 1.01 bits per heavy atom. The van der Waals surface area contributed by atoms with Gasteiger partial charge in [-0.15, -0.1) is 11.3 Å². The van der Waals surface area contributed by atoms with Gasteiger partial charge in [0, 0.05) is 65.0 Å². The second kappa shape index (κ2) is 16.3. The summed E-state index contributed by atoms with van der Waals surface area (Å²) in [5.74, 6) is 0. The summed E-state index contributed by atoms with van der Waals surface area (Å²) >= 11 is 1.99. The van der Waals surface area contributed by atoms with E-state index >= 15 is 0 Å². The van der Waals surface area contributed by atoms with Crippen LogP contribution in [0.3, 0.4) is 0 Å². The Morgan fingerprint density at radius 3 is 1.68 bits per heavy atom. The third-order valence-corrected chi connectivity index (χ3v) is 21.1. The highest BCUT2D eigenvalue weighted by molar-refractivity contribution is 7.32. The molecule has 0 unspecified atom stereocenters. The number of para-hydroxylation sites is 1. The first-order valence-electron chi connectivity index (χ1n) is 29.4. The van der Waals surface area contributed by atoms with E-state index in [4.69, 9.17) is 8.83 Å². The van der Waals surface area contributed by atoms with Gasteiger partial charge in [-0.1, -0.05) is 164 Å². The van der Waals surface area contributed by atoms with Crippen molar-refractivity contribution in [1.29, 1.82) is 0 Å². The van der Waals surface area contributed by atoms with Crippen LogP contribution in [0.25, 0.3) is 76.2 Å². The lowest BCUT2D eigenvalue weighted by molar-refractivity contribution is 0.332. The second-order valence-corrected chi connectivity index (χ2v) is 30.1. The molecule has 0 atom stereocenters. The number of hydrogen-bond acceptors (Lipinski definition) is 5. The van der Waals surface area contributed by atoms with E-state index in [-0.39, 0.29) is 39.3 Å². The third kappa shape index (κ3) is 7.12. The molecule has 8 aromatic carbocycles. The van der Waals surface area contributed by atoms with Gasteiger partial charge in [-0.2, -0.15) is 0 Å². The van der Waals surface area contributed by atoms with E-state index in [1.165, 1.54) is 87.0 Å². The lowest BCUT2D eigenvalue weighted by Gasteiger charge is -2.45. The molecule has 15 rings (SSSR count). The molecule has 2 aliphatic heterocycles. The average Bonchev–Trinajstić information content (AvgIpc) is 2.24. The summed E-state index contributed by atoms with van der Waals surface area (Å²) in [5, 5.41) is 5.89. The van der Waals surface area contributed by atoms with E-state index in [0.717, 1.165) is 86.9 Å². The van der Waals surface area contributed by atoms with Gasteiger partial charge in [0.25, 0.3) is 0 Å². The highest BCUT2D eigenvalue weighted by Crippen LogP contribution is 2.58. The van der Waals surface area contributed by atoms with Crippen molar-refractivity contribution < 1.29 is 8.83 Å². The van der Waals surface area contributed by atoms with Crippen LogP contribution in [-0.4, -0.2) is 6.85 Å². The van der Waals surface area contributed by atoms with E-state index in [0.29, 0.717) is 0 Å². The monoisotopic (exact) mass is 1060 g/mol. The van der Waals surface area contributed by atoms with Gasteiger partial charge in [-0.25, -0.2) is 0 Å². The minimum absolute atomic E-state index is 0.00133. The highest BCUT2D eigenvalue weighted by atomic mass is 32.1. The zero-order valence-electron chi connectivity index (χ0n) is 49.3. The summed E-state index contributed by atoms with van der Waals surface area (Å²) in [7, 11) is 0. The van der Waals surface area contributed by atoms with Gasteiger partial charge < -0.3 is 18.5 Å². The third-order valence-electron chi connectivity index (χ3n) is 19.9. The number of benzene rings is 8. The van der Waals surface area contributed by atoms with Crippen molar-refractivity contribution in [2.45, 2.75) is 155 Å². The molecule has 0 amide bonds. The van der Waals surface area contributed by atoms with Crippen LogP contribution < -0.4 is 20.0 Å². The average molecular weight is 1070 g/mol. The number of fused-ring (bicyclic) bond motifs is 15. The first kappa shape index (κ1) is 50.0. The molecule has 0 saturated heterocycles. The standard InChI is InChI=1S/C74H73BN2O2S/c1-69(2,3)43-24-27-45(28-25-43)77-59-41-62-49(50-37-54-56(39-61(50)78-62)73(11,12)32-30-71(54,7)8)35-48(59)51-36-52-46-22-18-19-23-60(46)79-67(52)66-64(51)75(77)68-65(53-38-55-57(40-63(53)80-68)74(13,14)33-31-72(55,9)10)76(66)58-29-26-44(70(4,5)6)34-47(58)42-20-16-15-17-21-42/h15-29,34-41H,30-33H2,1-14H3. The number of hydrogen-bond donors (Lipinski definition) is 0. The Kier molecular flexibility index (Phi) is 10.2. The molecule has 0 bridgehead atoms. The smallest absolute Gasteiger partial charge is 0.343 e. The van der Waals surface area contributed by atoms with Crippen LogP contribution in [0.4, 0.5) is 28.4 Å². The summed E-state index contributed by atoms with van der Waals surface area (Å²) in [5.41, 5.74) is 24.0. The predicted molar refractivity (Wildman–Crippen MR) is 344 cm³/mol. The van der Waals surface area contributed by atoms with Crippen molar-refractivity contribution in [2.24, 2.45) is 0 Å². The number of thiophene rings is 1. The zero-order chi connectivity index (χ0) is 55.5. The van der Waals surface area contributed by atoms with Crippen LogP contribution >= 0.6 is 11.3 Å². The summed E-state index contributed by atoms with van der Waals surface area (Å²) in [4.78, 5) is 5.37. The molecule has 0 N–H and O–H groups in total. The van der Waals surface area contributed by atoms with Crippen molar-refractivity contribution in [3.8, 4) is 22.3 Å². The molecule has 5 heterocycles. The largest absolute Gasteiger partial charge is 0.456 e. The fraction of sp³-hybridized carbons (Fsp3) is 0.324. The first-order chi connectivity index (χ1) is 37.9. The van der Waals surface area contributed by atoms with E-state index in [1.54, 1.807) is 0 Å². The van der Waals surface area contributed by atoms with Gasteiger partial charge in [0.05, 0.1) is 17.1 Å². The number of nitrogens with zero attached hydrogens (tertiary/aromatic N) is 2. The van der Waals surface area contributed by atoms with Crippen LogP contribution in [0.2, 0.25) is 0 Å². The number of furan rings is 2. The maximum absolute atomic E-state index is 7.47. The highest BCUT2D eigenvalue weighted by Gasteiger charge is 2.50. The molecule has 4 aliphatic rings. The molecule has 0 radical (unpaired) electrons. The van der Waals surface area contributed by atoms with Gasteiger partial charge in [0.15, 0.2) is 5.58 Å². The SMILES string of the molecule is CC(C)(C)c1ccc(N2B3c4sc5cc6c(cc5c4N(c4ccc(C(C)(C)C)cc4-c4ccccc4)c4c3c(cc3c4oc4ccccc43)-c3cc4c(cc32)oc2cc3c(cc24)C(C)(C)CCC3(C)C)C(C)(C)CCC6(C)C)cc1. The summed E-state index contributed by atoms with van der Waals surface area (Å²) in [6, 6.07) is 54.1. The van der Waals surface area contributed by atoms with Gasteiger partial charge >= 0.3 is 6.85 Å². The molecule has 11 aromatic rings. The summed E-state index contributed by atoms with van der Waals surface area (Å²) in [6.07, 6.45) is 4.59. The topological polar surface area (TPSA) is 32.8 Å². The Labute approximate surface area is 476 Å². The van der Waals surface area contributed by atoms with E-state index in [2.05, 4.69) is 246 Å². The predicted octanol–water partition coefficient (Wildman–Crippen LogP) is 20.4. The molecule has 0 spiro atoms.